The minimum atomic E-state index is -0.142. The van der Waals surface area contributed by atoms with Crippen LogP contribution < -0.4 is 15.5 Å². The molecule has 0 radical (unpaired) electrons. The number of rotatable bonds is 8. The van der Waals surface area contributed by atoms with E-state index in [2.05, 4.69) is 15.5 Å². The van der Waals surface area contributed by atoms with Crippen molar-refractivity contribution >= 4 is 40.6 Å². The van der Waals surface area contributed by atoms with Crippen LogP contribution in [0.25, 0.3) is 0 Å². The van der Waals surface area contributed by atoms with Crippen molar-refractivity contribution in [1.29, 1.82) is 0 Å². The van der Waals surface area contributed by atoms with Crippen LogP contribution in [-0.2, 0) is 9.59 Å². The zero-order valence-corrected chi connectivity index (χ0v) is 17.8. The first-order valence-corrected chi connectivity index (χ1v) is 11.0. The van der Waals surface area contributed by atoms with Gasteiger partial charge in [0.15, 0.2) is 0 Å². The Morgan fingerprint density at radius 3 is 2.24 bits per heavy atom. The molecule has 0 aromatic heterocycles. The fraction of sp³-hybridized carbons (Fsp3) is 0.364. The molecule has 0 saturated carbocycles. The highest BCUT2D eigenvalue weighted by Crippen LogP contribution is 2.24. The summed E-state index contributed by atoms with van der Waals surface area (Å²) in [5, 5.41) is 5.81. The lowest BCUT2D eigenvalue weighted by molar-refractivity contribution is -0.119. The molecule has 3 rings (SSSR count). The van der Waals surface area contributed by atoms with Crippen molar-refractivity contribution in [3.63, 3.8) is 0 Å². The molecule has 2 aromatic carbocycles. The molecule has 1 heterocycles. The summed E-state index contributed by atoms with van der Waals surface area (Å²) >= 11 is 1.58. The van der Waals surface area contributed by atoms with Crippen LogP contribution in [0.5, 0.6) is 0 Å². The molecular weight excluding hydrogens is 384 g/mol. The molecule has 0 atom stereocenters. The molecule has 6 nitrogen and oxygen atoms in total. The maximum Gasteiger partial charge on any atom is 0.238 e. The molecule has 7 heteroatoms. The molecule has 0 bridgehead atoms. The highest BCUT2D eigenvalue weighted by Gasteiger charge is 2.14. The molecule has 1 fully saturated rings. The second-order valence-electron chi connectivity index (χ2n) is 7.21. The Balaban J connectivity index is 1.45. The molecule has 0 spiro atoms. The van der Waals surface area contributed by atoms with E-state index >= 15 is 0 Å². The average Bonchev–Trinajstić information content (AvgIpc) is 3.23. The Labute approximate surface area is 176 Å². The summed E-state index contributed by atoms with van der Waals surface area (Å²) in [7, 11) is 1.76. The minimum Gasteiger partial charge on any atom is -0.372 e. The topological polar surface area (TPSA) is 64.7 Å². The van der Waals surface area contributed by atoms with E-state index in [1.54, 1.807) is 23.7 Å². The third kappa shape index (κ3) is 6.24. The number of hydrogen-bond acceptors (Lipinski definition) is 5. The van der Waals surface area contributed by atoms with Crippen LogP contribution in [0.3, 0.4) is 0 Å². The minimum absolute atomic E-state index is 0.140. The van der Waals surface area contributed by atoms with Crippen LogP contribution in [-0.4, -0.2) is 56.2 Å². The predicted octanol–water partition coefficient (Wildman–Crippen LogP) is 3.52. The first-order chi connectivity index (χ1) is 14.0. The Kier molecular flexibility index (Phi) is 7.55. The smallest absolute Gasteiger partial charge is 0.238 e. The average molecular weight is 413 g/mol. The number of hydrogen-bond donors (Lipinski definition) is 2. The third-order valence-corrected chi connectivity index (χ3v) is 5.63. The van der Waals surface area contributed by atoms with Crippen LogP contribution in [0.4, 0.5) is 17.1 Å². The normalized spacial score (nSPS) is 13.6. The summed E-state index contributed by atoms with van der Waals surface area (Å²) in [5.41, 5.74) is 2.76. The van der Waals surface area contributed by atoms with Crippen LogP contribution in [0, 0.1) is 0 Å². The van der Waals surface area contributed by atoms with Crippen LogP contribution in [0.2, 0.25) is 0 Å². The highest BCUT2D eigenvalue weighted by molar-refractivity contribution is 7.98. The fourth-order valence-corrected chi connectivity index (χ4v) is 3.97. The van der Waals surface area contributed by atoms with E-state index in [4.69, 9.17) is 0 Å². The number of benzene rings is 2. The van der Waals surface area contributed by atoms with Gasteiger partial charge in [-0.25, -0.2) is 0 Å². The zero-order valence-electron chi connectivity index (χ0n) is 17.0. The number of carbonyl (C=O) groups is 2. The Morgan fingerprint density at radius 1 is 0.966 bits per heavy atom. The Morgan fingerprint density at radius 2 is 1.59 bits per heavy atom. The maximum atomic E-state index is 12.3. The number of carbonyl (C=O) groups excluding carboxylic acids is 2. The van der Waals surface area contributed by atoms with Gasteiger partial charge in [0.1, 0.15) is 0 Å². The first kappa shape index (κ1) is 21.2. The van der Waals surface area contributed by atoms with Gasteiger partial charge in [0, 0.05) is 29.4 Å². The number of amides is 2. The molecule has 1 saturated heterocycles. The van der Waals surface area contributed by atoms with Gasteiger partial charge in [0.25, 0.3) is 0 Å². The SMILES string of the molecule is CSc1ccccc1NC(=O)CN(C)CC(=O)Nc1ccc(N2CCCC2)cc1. The standard InChI is InChI=1S/C22H28N4O2S/c1-25(16-22(28)24-19-7-3-4-8-20(19)29-2)15-21(27)23-17-9-11-18(12-10-17)26-13-5-6-14-26/h3-4,7-12H,5-6,13-16H2,1-2H3,(H,23,27)(H,24,28). The van der Waals surface area contributed by atoms with Crippen molar-refractivity contribution in [3.8, 4) is 0 Å². The molecule has 2 amide bonds. The highest BCUT2D eigenvalue weighted by atomic mass is 32.2. The second kappa shape index (κ2) is 10.3. The van der Waals surface area contributed by atoms with Gasteiger partial charge in [0.05, 0.1) is 18.8 Å². The van der Waals surface area contributed by atoms with Crippen molar-refractivity contribution in [3.05, 3.63) is 48.5 Å². The summed E-state index contributed by atoms with van der Waals surface area (Å²) in [6.45, 7) is 2.48. The van der Waals surface area contributed by atoms with Crippen molar-refractivity contribution in [2.45, 2.75) is 17.7 Å². The number of anilines is 3. The van der Waals surface area contributed by atoms with Crippen molar-refractivity contribution < 1.29 is 9.59 Å². The molecule has 2 N–H and O–H groups in total. The summed E-state index contributed by atoms with van der Waals surface area (Å²) in [6, 6.07) is 15.6. The van der Waals surface area contributed by atoms with E-state index in [0.717, 1.165) is 29.4 Å². The quantitative estimate of drug-likeness (QED) is 0.650. The lowest BCUT2D eigenvalue weighted by atomic mass is 10.2. The largest absolute Gasteiger partial charge is 0.372 e. The first-order valence-electron chi connectivity index (χ1n) is 9.81. The lowest BCUT2D eigenvalue weighted by Gasteiger charge is -2.18. The molecule has 0 unspecified atom stereocenters. The van der Waals surface area contributed by atoms with Gasteiger partial charge in [-0.3, -0.25) is 14.5 Å². The van der Waals surface area contributed by atoms with Gasteiger partial charge in [-0.2, -0.15) is 0 Å². The van der Waals surface area contributed by atoms with E-state index in [-0.39, 0.29) is 24.9 Å². The second-order valence-corrected chi connectivity index (χ2v) is 8.06. The van der Waals surface area contributed by atoms with Crippen molar-refractivity contribution in [1.82, 2.24) is 4.90 Å². The summed E-state index contributed by atoms with van der Waals surface area (Å²) in [5.74, 6) is -0.282. The number of para-hydroxylation sites is 1. The van der Waals surface area contributed by atoms with Crippen LogP contribution in [0.1, 0.15) is 12.8 Å². The molecule has 1 aliphatic rings. The van der Waals surface area contributed by atoms with E-state index in [9.17, 15) is 9.59 Å². The van der Waals surface area contributed by atoms with Crippen LogP contribution >= 0.6 is 11.8 Å². The molecule has 2 aromatic rings. The third-order valence-electron chi connectivity index (χ3n) is 4.83. The summed E-state index contributed by atoms with van der Waals surface area (Å²) < 4.78 is 0. The molecule has 1 aliphatic heterocycles. The van der Waals surface area contributed by atoms with Gasteiger partial charge in [0.2, 0.25) is 11.8 Å². The Hall–Kier alpha value is -2.51. The molecule has 154 valence electrons. The number of thioether (sulfide) groups is 1. The summed E-state index contributed by atoms with van der Waals surface area (Å²) in [6.07, 6.45) is 4.45. The number of nitrogens with zero attached hydrogens (tertiary/aromatic N) is 2. The Bertz CT molecular complexity index is 835. The number of nitrogens with one attached hydrogen (secondary N) is 2. The maximum absolute atomic E-state index is 12.3. The van der Waals surface area contributed by atoms with E-state index < -0.39 is 0 Å². The van der Waals surface area contributed by atoms with Gasteiger partial charge >= 0.3 is 0 Å². The van der Waals surface area contributed by atoms with Gasteiger partial charge < -0.3 is 15.5 Å². The zero-order chi connectivity index (χ0) is 20.6. The fourth-order valence-electron chi connectivity index (χ4n) is 3.42. The lowest BCUT2D eigenvalue weighted by Crippen LogP contribution is -2.36. The van der Waals surface area contributed by atoms with Gasteiger partial charge in [-0.05, 0) is 62.5 Å². The van der Waals surface area contributed by atoms with Gasteiger partial charge in [-0.15, -0.1) is 11.8 Å². The molecular formula is C22H28N4O2S. The molecule has 0 aliphatic carbocycles. The van der Waals surface area contributed by atoms with Crippen LogP contribution in [0.15, 0.2) is 53.4 Å². The predicted molar refractivity (Wildman–Crippen MR) is 121 cm³/mol. The van der Waals surface area contributed by atoms with Gasteiger partial charge in [-0.1, -0.05) is 12.1 Å². The van der Waals surface area contributed by atoms with E-state index in [0.29, 0.717) is 0 Å². The number of likely N-dealkylation sites (N-methyl/N-ethyl adjacent to an activating group) is 1. The van der Waals surface area contributed by atoms with E-state index in [1.165, 1.54) is 18.5 Å². The monoisotopic (exact) mass is 412 g/mol. The van der Waals surface area contributed by atoms with Crippen molar-refractivity contribution in [2.24, 2.45) is 0 Å². The van der Waals surface area contributed by atoms with E-state index in [1.807, 2.05) is 54.8 Å². The molecule has 29 heavy (non-hydrogen) atoms. The van der Waals surface area contributed by atoms with Crippen molar-refractivity contribution in [2.75, 3.05) is 55.0 Å². The summed E-state index contributed by atoms with van der Waals surface area (Å²) in [4.78, 5) is 29.7.